The molecule has 0 radical (unpaired) electrons. The molecule has 7 heteroatoms. The molecule has 0 aliphatic rings. The van der Waals surface area contributed by atoms with Crippen LogP contribution in [0, 0.1) is 17.5 Å². The number of rotatable bonds is 4. The van der Waals surface area contributed by atoms with Gasteiger partial charge in [-0.2, -0.15) is 0 Å². The van der Waals surface area contributed by atoms with E-state index < -0.39 is 28.1 Å². The van der Waals surface area contributed by atoms with E-state index in [4.69, 9.17) is 4.74 Å². The Balaban J connectivity index is 2.04. The fourth-order valence-electron chi connectivity index (χ4n) is 2.49. The van der Waals surface area contributed by atoms with Crippen LogP contribution in [-0.2, 0) is 0 Å². The summed E-state index contributed by atoms with van der Waals surface area (Å²) < 4.78 is 45.2. The lowest BCUT2D eigenvalue weighted by Crippen LogP contribution is -2.08. The van der Waals surface area contributed by atoms with Crippen molar-refractivity contribution < 1.29 is 22.7 Å². The van der Waals surface area contributed by atoms with Crippen LogP contribution < -0.4 is 4.74 Å². The molecule has 0 amide bonds. The second-order valence-electron chi connectivity index (χ2n) is 5.13. The van der Waals surface area contributed by atoms with Crippen molar-refractivity contribution >= 4 is 32.6 Å². The van der Waals surface area contributed by atoms with Crippen LogP contribution in [0.2, 0.25) is 0 Å². The number of alkyl halides is 1. The summed E-state index contributed by atoms with van der Waals surface area (Å²) in [6.07, 6.45) is 1.39. The van der Waals surface area contributed by atoms with E-state index in [2.05, 4.69) is 20.9 Å². The summed E-state index contributed by atoms with van der Waals surface area (Å²) in [7, 11) is 1.37. The van der Waals surface area contributed by atoms with Crippen molar-refractivity contribution in [3.05, 3.63) is 65.1 Å². The lowest BCUT2D eigenvalue weighted by molar-refractivity contribution is 0.0992. The van der Waals surface area contributed by atoms with E-state index >= 15 is 0 Å². The number of ether oxygens (including phenoxy) is 1. The third-order valence-electron chi connectivity index (χ3n) is 3.69. The van der Waals surface area contributed by atoms with Gasteiger partial charge >= 0.3 is 0 Å². The molecular weight excluding hydrogens is 387 g/mol. The number of benzene rings is 2. The zero-order valence-electron chi connectivity index (χ0n) is 12.4. The number of halogens is 4. The maximum absolute atomic E-state index is 13.5. The van der Waals surface area contributed by atoms with Gasteiger partial charge in [0.05, 0.1) is 7.11 Å². The predicted molar refractivity (Wildman–Crippen MR) is 87.2 cm³/mol. The Hall–Kier alpha value is -2.28. The van der Waals surface area contributed by atoms with Crippen molar-refractivity contribution in [2.75, 3.05) is 7.11 Å². The van der Waals surface area contributed by atoms with Gasteiger partial charge in [-0.25, -0.2) is 13.2 Å². The van der Waals surface area contributed by atoms with E-state index in [-0.39, 0.29) is 16.7 Å². The van der Waals surface area contributed by atoms with E-state index in [0.29, 0.717) is 11.1 Å². The van der Waals surface area contributed by atoms with E-state index in [1.165, 1.54) is 31.5 Å². The van der Waals surface area contributed by atoms with Crippen LogP contribution in [0.1, 0.15) is 20.7 Å². The monoisotopic (exact) mass is 397 g/mol. The average Bonchev–Trinajstić information content (AvgIpc) is 2.96. The Morgan fingerprint density at radius 1 is 1.17 bits per heavy atom. The zero-order valence-corrected chi connectivity index (χ0v) is 14.0. The minimum atomic E-state index is -1.04. The zero-order chi connectivity index (χ0) is 17.4. The van der Waals surface area contributed by atoms with Crippen molar-refractivity contribution in [3.63, 3.8) is 0 Å². The normalized spacial score (nSPS) is 12.4. The van der Waals surface area contributed by atoms with Crippen LogP contribution in [0.5, 0.6) is 5.75 Å². The average molecular weight is 398 g/mol. The highest BCUT2D eigenvalue weighted by molar-refractivity contribution is 9.09. The molecule has 1 N–H and O–H groups in total. The van der Waals surface area contributed by atoms with Gasteiger partial charge in [-0.1, -0.05) is 22.0 Å². The van der Waals surface area contributed by atoms with Crippen LogP contribution in [0.25, 0.3) is 10.9 Å². The van der Waals surface area contributed by atoms with E-state index in [1.54, 1.807) is 0 Å². The van der Waals surface area contributed by atoms with E-state index in [1.807, 2.05) is 0 Å². The molecule has 1 atom stereocenters. The van der Waals surface area contributed by atoms with Gasteiger partial charge in [0.25, 0.3) is 0 Å². The quantitative estimate of drug-likeness (QED) is 0.501. The summed E-state index contributed by atoms with van der Waals surface area (Å²) in [4.78, 5) is 14.6. The first kappa shape index (κ1) is 16.6. The molecule has 0 saturated heterocycles. The predicted octanol–water partition coefficient (Wildman–Crippen LogP) is 4.91. The summed E-state index contributed by atoms with van der Waals surface area (Å²) in [6, 6.07) is 5.77. The van der Waals surface area contributed by atoms with Crippen molar-refractivity contribution in [3.8, 4) is 5.75 Å². The van der Waals surface area contributed by atoms with Crippen LogP contribution in [0.15, 0.2) is 36.5 Å². The molecule has 0 spiro atoms. The van der Waals surface area contributed by atoms with Gasteiger partial charge < -0.3 is 9.72 Å². The molecule has 0 bridgehead atoms. The number of hydrogen-bond acceptors (Lipinski definition) is 2. The second-order valence-corrected chi connectivity index (χ2v) is 6.04. The van der Waals surface area contributed by atoms with Gasteiger partial charge in [0.1, 0.15) is 16.4 Å². The number of fused-ring (bicyclic) bond motifs is 1. The van der Waals surface area contributed by atoms with Crippen molar-refractivity contribution in [1.82, 2.24) is 4.98 Å². The summed E-state index contributed by atoms with van der Waals surface area (Å²) in [5.41, 5.74) is 0.931. The van der Waals surface area contributed by atoms with Gasteiger partial charge in [-0.15, -0.1) is 0 Å². The molecule has 1 aromatic heterocycles. The largest absolute Gasteiger partial charge is 0.496 e. The van der Waals surface area contributed by atoms with Crippen LogP contribution in [0.4, 0.5) is 13.2 Å². The molecule has 0 saturated carbocycles. The molecule has 3 nitrogen and oxygen atoms in total. The van der Waals surface area contributed by atoms with Crippen LogP contribution in [0.3, 0.4) is 0 Å². The molecule has 3 rings (SSSR count). The number of carbonyl (C=O) groups is 1. The lowest BCUT2D eigenvalue weighted by Gasteiger charge is -2.13. The Morgan fingerprint density at radius 3 is 2.58 bits per heavy atom. The molecule has 0 aliphatic carbocycles. The Bertz CT molecular complexity index is 939. The molecule has 1 heterocycles. The number of ketones is 1. The third-order valence-corrected chi connectivity index (χ3v) is 4.60. The minimum Gasteiger partial charge on any atom is -0.496 e. The first-order chi connectivity index (χ1) is 11.4. The number of Topliss-reactive ketones (excluding diaryl/α,β-unsaturated/α-hetero) is 1. The summed E-state index contributed by atoms with van der Waals surface area (Å²) in [5.74, 6) is -2.72. The molecule has 0 fully saturated rings. The smallest absolute Gasteiger partial charge is 0.183 e. The number of H-pyrrole nitrogens is 1. The number of hydrogen-bond donors (Lipinski definition) is 1. The third kappa shape index (κ3) is 2.80. The Morgan fingerprint density at radius 2 is 1.88 bits per heavy atom. The van der Waals surface area contributed by atoms with Gasteiger partial charge in [0.2, 0.25) is 0 Å². The van der Waals surface area contributed by atoms with Gasteiger partial charge in [0, 0.05) is 40.4 Å². The maximum Gasteiger partial charge on any atom is 0.183 e. The highest BCUT2D eigenvalue weighted by Crippen LogP contribution is 2.36. The van der Waals surface area contributed by atoms with E-state index in [0.717, 1.165) is 12.1 Å². The summed E-state index contributed by atoms with van der Waals surface area (Å²) in [5, 5.41) is 0.268. The molecule has 2 aromatic carbocycles. The van der Waals surface area contributed by atoms with Gasteiger partial charge in [-0.3, -0.25) is 4.79 Å². The van der Waals surface area contributed by atoms with Crippen LogP contribution >= 0.6 is 15.9 Å². The Labute approximate surface area is 143 Å². The highest BCUT2D eigenvalue weighted by atomic mass is 79.9. The molecule has 1 unspecified atom stereocenters. The minimum absolute atomic E-state index is 0.192. The second kappa shape index (κ2) is 6.32. The topological polar surface area (TPSA) is 42.1 Å². The number of carbonyl (C=O) groups excluding carboxylic acids is 1. The van der Waals surface area contributed by atoms with Crippen molar-refractivity contribution in [1.29, 1.82) is 0 Å². The van der Waals surface area contributed by atoms with E-state index in [9.17, 15) is 18.0 Å². The lowest BCUT2D eigenvalue weighted by atomic mass is 10.0. The van der Waals surface area contributed by atoms with Gasteiger partial charge in [0.15, 0.2) is 17.4 Å². The molecule has 124 valence electrons. The number of aromatic nitrogens is 1. The number of aromatic amines is 1. The molecule has 3 aromatic rings. The first-order valence-electron chi connectivity index (χ1n) is 6.90. The fourth-order valence-corrected chi connectivity index (χ4v) is 3.12. The maximum atomic E-state index is 13.5. The fraction of sp³-hybridized carbons (Fsp3) is 0.118. The molecule has 0 aliphatic heterocycles. The van der Waals surface area contributed by atoms with Crippen molar-refractivity contribution in [2.24, 2.45) is 0 Å². The summed E-state index contributed by atoms with van der Waals surface area (Å²) >= 11 is 3.27. The number of nitrogens with one attached hydrogen (secondary N) is 1. The first-order valence-corrected chi connectivity index (χ1v) is 7.81. The molecule has 24 heavy (non-hydrogen) atoms. The molecular formula is C17H11BrF3NO2. The van der Waals surface area contributed by atoms with Crippen molar-refractivity contribution in [2.45, 2.75) is 4.83 Å². The highest BCUT2D eigenvalue weighted by Gasteiger charge is 2.25. The SMILES string of the molecule is COc1cc(F)ccc1C(Br)C(=O)c1c[nH]c2cc(F)c(F)cc12. The van der Waals surface area contributed by atoms with Gasteiger partial charge in [-0.05, 0) is 12.1 Å². The summed E-state index contributed by atoms with van der Waals surface area (Å²) in [6.45, 7) is 0. The van der Waals surface area contributed by atoms with Crippen LogP contribution in [-0.4, -0.2) is 17.9 Å². The Kier molecular flexibility index (Phi) is 4.36. The standard InChI is InChI=1S/C17H11BrF3NO2/c1-24-15-4-8(19)2-3-9(15)16(18)17(23)11-7-22-14-6-13(21)12(20)5-10(11)14/h2-7,16,22H,1H3. The number of methoxy groups -OCH3 is 1.